The molecular formula is C23H22Cl2N4O3. The molecule has 0 saturated heterocycles. The van der Waals surface area contributed by atoms with Crippen molar-refractivity contribution in [1.29, 1.82) is 0 Å². The third kappa shape index (κ3) is 4.14. The molecule has 1 amide bonds. The fraction of sp³-hybridized carbons (Fsp3) is 0.348. The molecule has 1 aliphatic heterocycles. The molecule has 0 atom stereocenters. The van der Waals surface area contributed by atoms with E-state index in [4.69, 9.17) is 27.9 Å². The number of ether oxygens (including phenoxy) is 1. The van der Waals surface area contributed by atoms with Gasteiger partial charge in [-0.05, 0) is 67.6 Å². The van der Waals surface area contributed by atoms with Crippen molar-refractivity contribution >= 4 is 29.3 Å². The highest BCUT2D eigenvalue weighted by Gasteiger charge is 2.32. The maximum Gasteiger partial charge on any atom is 0.408 e. The number of fused-ring (bicyclic) bond motifs is 3. The molecule has 1 saturated carbocycles. The molecule has 7 nitrogen and oxygen atoms in total. The van der Waals surface area contributed by atoms with E-state index in [9.17, 15) is 9.90 Å². The fourth-order valence-corrected chi connectivity index (χ4v) is 4.97. The quantitative estimate of drug-likeness (QED) is 0.530. The lowest BCUT2D eigenvalue weighted by atomic mass is 9.86. The van der Waals surface area contributed by atoms with E-state index < -0.39 is 6.09 Å². The van der Waals surface area contributed by atoms with Gasteiger partial charge < -0.3 is 9.84 Å². The molecule has 0 bridgehead atoms. The Morgan fingerprint density at radius 2 is 1.78 bits per heavy atom. The van der Waals surface area contributed by atoms with E-state index in [-0.39, 0.29) is 25.1 Å². The smallest absolute Gasteiger partial charge is 0.408 e. The van der Waals surface area contributed by atoms with Gasteiger partial charge in [0, 0.05) is 16.0 Å². The van der Waals surface area contributed by atoms with Gasteiger partial charge in [0.25, 0.3) is 0 Å². The Balaban J connectivity index is 1.39. The third-order valence-electron chi connectivity index (χ3n) is 6.14. The van der Waals surface area contributed by atoms with Crippen LogP contribution in [0.2, 0.25) is 10.0 Å². The lowest BCUT2D eigenvalue weighted by molar-refractivity contribution is 0.138. The Morgan fingerprint density at radius 1 is 1.00 bits per heavy atom. The van der Waals surface area contributed by atoms with Crippen LogP contribution >= 0.6 is 23.2 Å². The molecular weight excluding hydrogens is 451 g/mol. The predicted octanol–water partition coefficient (Wildman–Crippen LogP) is 5.67. The average molecular weight is 473 g/mol. The Kier molecular flexibility index (Phi) is 5.69. The van der Waals surface area contributed by atoms with Crippen molar-refractivity contribution in [1.82, 2.24) is 19.7 Å². The first-order valence-corrected chi connectivity index (χ1v) is 11.4. The summed E-state index contributed by atoms with van der Waals surface area (Å²) in [5, 5.41) is 19.7. The number of carbonyl (C=O) groups is 1. The van der Waals surface area contributed by atoms with Crippen LogP contribution in [0.1, 0.15) is 48.8 Å². The molecule has 2 aromatic carbocycles. The zero-order valence-electron chi connectivity index (χ0n) is 17.2. The van der Waals surface area contributed by atoms with E-state index >= 15 is 0 Å². The summed E-state index contributed by atoms with van der Waals surface area (Å²) < 4.78 is 8.16. The number of hydrogen-bond acceptors (Lipinski definition) is 4. The third-order valence-corrected chi connectivity index (χ3v) is 6.61. The van der Waals surface area contributed by atoms with Gasteiger partial charge in [0.2, 0.25) is 0 Å². The van der Waals surface area contributed by atoms with Crippen molar-refractivity contribution in [3.63, 3.8) is 0 Å². The van der Waals surface area contributed by atoms with E-state index in [2.05, 4.69) is 10.2 Å². The molecule has 3 aromatic rings. The molecule has 5 rings (SSSR count). The first-order chi connectivity index (χ1) is 15.5. The van der Waals surface area contributed by atoms with Crippen molar-refractivity contribution in [3.8, 4) is 11.4 Å². The number of benzene rings is 2. The summed E-state index contributed by atoms with van der Waals surface area (Å²) in [6, 6.07) is 13.0. The summed E-state index contributed by atoms with van der Waals surface area (Å²) in [6.45, 7) is 0.441. The minimum Gasteiger partial charge on any atom is -0.490 e. The normalized spacial score (nSPS) is 20.2. The zero-order chi connectivity index (χ0) is 22.2. The van der Waals surface area contributed by atoms with Crippen molar-refractivity contribution in [2.45, 2.75) is 50.8 Å². The van der Waals surface area contributed by atoms with Crippen LogP contribution in [0.15, 0.2) is 42.5 Å². The minimum atomic E-state index is -0.993. The number of hydrogen-bond donors (Lipinski definition) is 1. The minimum absolute atomic E-state index is 0.129. The Labute approximate surface area is 195 Å². The van der Waals surface area contributed by atoms with Gasteiger partial charge >= 0.3 is 6.09 Å². The summed E-state index contributed by atoms with van der Waals surface area (Å²) >= 11 is 12.3. The molecule has 166 valence electrons. The highest BCUT2D eigenvalue weighted by molar-refractivity contribution is 6.31. The molecule has 2 aliphatic rings. The van der Waals surface area contributed by atoms with Gasteiger partial charge in [0.05, 0.1) is 24.9 Å². The number of nitrogens with zero attached hydrogens (tertiary/aromatic N) is 4. The van der Waals surface area contributed by atoms with Gasteiger partial charge in [-0.3, -0.25) is 9.47 Å². The summed E-state index contributed by atoms with van der Waals surface area (Å²) in [7, 11) is 0. The Bertz CT molecular complexity index is 1160. The Hall–Kier alpha value is -2.77. The second-order valence-electron chi connectivity index (χ2n) is 8.27. The standard InChI is InChI=1S/C23H22Cl2N4O3/c24-16-2-1-3-19(11-16)32-18-7-4-14(5-8-18)22-27-26-21-13-28(23(30)31)12-15-10-17(25)6-9-20(15)29(21)22/h1-3,6,9-11,14,18H,4-5,7-8,12-13H2,(H,30,31). The zero-order valence-corrected chi connectivity index (χ0v) is 18.8. The van der Waals surface area contributed by atoms with E-state index in [0.717, 1.165) is 48.5 Å². The summed E-state index contributed by atoms with van der Waals surface area (Å²) in [5.74, 6) is 2.50. The monoisotopic (exact) mass is 472 g/mol. The van der Waals surface area contributed by atoms with Crippen LogP contribution in [0, 0.1) is 0 Å². The first-order valence-electron chi connectivity index (χ1n) is 10.6. The summed E-state index contributed by atoms with van der Waals surface area (Å²) in [4.78, 5) is 13.1. The molecule has 9 heteroatoms. The van der Waals surface area contributed by atoms with Gasteiger partial charge in [-0.1, -0.05) is 29.3 Å². The fourth-order valence-electron chi connectivity index (χ4n) is 4.60. The number of halogens is 2. The average Bonchev–Trinajstić information content (AvgIpc) is 3.10. The number of aromatic nitrogens is 3. The van der Waals surface area contributed by atoms with Gasteiger partial charge in [-0.25, -0.2) is 4.79 Å². The van der Waals surface area contributed by atoms with Crippen LogP contribution in [0.3, 0.4) is 0 Å². The summed E-state index contributed by atoms with van der Waals surface area (Å²) in [5.41, 5.74) is 1.74. The Morgan fingerprint density at radius 3 is 2.53 bits per heavy atom. The SMILES string of the molecule is O=C(O)N1Cc2cc(Cl)ccc2-n2c(nnc2C2CCC(Oc3cccc(Cl)c3)CC2)C1. The van der Waals surface area contributed by atoms with E-state index in [1.165, 1.54) is 4.90 Å². The lowest BCUT2D eigenvalue weighted by Crippen LogP contribution is -2.28. The second kappa shape index (κ2) is 8.64. The lowest BCUT2D eigenvalue weighted by Gasteiger charge is -2.29. The summed E-state index contributed by atoms with van der Waals surface area (Å²) in [6.07, 6.45) is 2.75. The molecule has 0 unspecified atom stereocenters. The largest absolute Gasteiger partial charge is 0.490 e. The van der Waals surface area contributed by atoms with Crippen LogP contribution in [0.4, 0.5) is 4.79 Å². The van der Waals surface area contributed by atoms with Gasteiger partial charge in [0.1, 0.15) is 11.6 Å². The molecule has 1 aromatic heterocycles. The molecule has 1 aliphatic carbocycles. The maximum absolute atomic E-state index is 11.7. The highest BCUT2D eigenvalue weighted by Crippen LogP contribution is 2.37. The van der Waals surface area contributed by atoms with Crippen molar-refractivity contribution in [3.05, 3.63) is 69.7 Å². The van der Waals surface area contributed by atoms with Crippen LogP contribution in [-0.4, -0.2) is 37.0 Å². The molecule has 1 N–H and O–H groups in total. The van der Waals surface area contributed by atoms with Crippen LogP contribution < -0.4 is 4.74 Å². The van der Waals surface area contributed by atoms with E-state index in [1.807, 2.05) is 47.0 Å². The van der Waals surface area contributed by atoms with Crippen LogP contribution in [0.5, 0.6) is 5.75 Å². The topological polar surface area (TPSA) is 80.5 Å². The van der Waals surface area contributed by atoms with Gasteiger partial charge in [0.15, 0.2) is 5.82 Å². The maximum atomic E-state index is 11.7. The molecule has 32 heavy (non-hydrogen) atoms. The first kappa shape index (κ1) is 21.1. The van der Waals surface area contributed by atoms with Gasteiger partial charge in [-0.2, -0.15) is 0 Å². The van der Waals surface area contributed by atoms with Crippen LogP contribution in [-0.2, 0) is 13.1 Å². The van der Waals surface area contributed by atoms with Crippen molar-refractivity contribution in [2.24, 2.45) is 0 Å². The highest BCUT2D eigenvalue weighted by atomic mass is 35.5. The number of carboxylic acid groups (broad SMARTS) is 1. The van der Waals surface area contributed by atoms with Crippen molar-refractivity contribution in [2.75, 3.05) is 0 Å². The van der Waals surface area contributed by atoms with E-state index in [1.54, 1.807) is 0 Å². The van der Waals surface area contributed by atoms with E-state index in [0.29, 0.717) is 15.9 Å². The van der Waals surface area contributed by atoms with Crippen molar-refractivity contribution < 1.29 is 14.6 Å². The molecule has 1 fully saturated rings. The van der Waals surface area contributed by atoms with Crippen LogP contribution in [0.25, 0.3) is 5.69 Å². The predicted molar refractivity (Wildman–Crippen MR) is 121 cm³/mol. The second-order valence-corrected chi connectivity index (χ2v) is 9.14. The number of rotatable bonds is 3. The molecule has 0 radical (unpaired) electrons. The molecule has 2 heterocycles. The number of amides is 1. The van der Waals surface area contributed by atoms with Gasteiger partial charge in [-0.15, -0.1) is 10.2 Å². The molecule has 0 spiro atoms.